The summed E-state index contributed by atoms with van der Waals surface area (Å²) in [6.45, 7) is 0. The maximum Gasteiger partial charge on any atom is 0.166 e. The monoisotopic (exact) mass is 290 g/mol. The Balaban J connectivity index is 1.88. The van der Waals surface area contributed by atoms with Gasteiger partial charge in [0.1, 0.15) is 0 Å². The van der Waals surface area contributed by atoms with Gasteiger partial charge in [0.2, 0.25) is 0 Å². The summed E-state index contributed by atoms with van der Waals surface area (Å²) in [7, 11) is 0. The fraction of sp³-hybridized carbons (Fsp3) is 0.200. The fourth-order valence-corrected chi connectivity index (χ4v) is 3.03. The Bertz CT molecular complexity index is 625. The molecule has 2 atom stereocenters. The minimum absolute atomic E-state index is 0.0687. The largest absolute Gasteiger partial charge is 0.294 e. The number of hydrogen-bond acceptors (Lipinski definition) is 2. The molecule has 0 saturated heterocycles. The lowest BCUT2D eigenvalue weighted by molar-refractivity contribution is 0.0761. The molecule has 0 N–H and O–H groups in total. The molecule has 0 aromatic heterocycles. The van der Waals surface area contributed by atoms with Crippen LogP contribution in [0.5, 0.6) is 0 Å². The second-order valence-corrected chi connectivity index (χ2v) is 5.62. The van der Waals surface area contributed by atoms with E-state index < -0.39 is 0 Å². The van der Waals surface area contributed by atoms with E-state index in [0.717, 1.165) is 0 Å². The standard InChI is InChI=1S/C20H18O2/c21-19(15-9-3-1-4-10-15)17-13-7-8-14-18(17)20(22)16-11-5-2-6-12-16/h1-12,17-18H,13-14H2/t17-,18-/m1/s1. The molecule has 3 rings (SSSR count). The maximum absolute atomic E-state index is 12.8. The molecule has 1 aliphatic rings. The van der Waals surface area contributed by atoms with Crippen LogP contribution in [0.15, 0.2) is 72.8 Å². The van der Waals surface area contributed by atoms with Gasteiger partial charge in [0, 0.05) is 23.0 Å². The van der Waals surface area contributed by atoms with Gasteiger partial charge in [0.15, 0.2) is 11.6 Å². The third-order valence-corrected chi connectivity index (χ3v) is 4.22. The summed E-state index contributed by atoms with van der Waals surface area (Å²) in [5.74, 6) is -0.390. The molecule has 2 aromatic carbocycles. The molecule has 0 fully saturated rings. The van der Waals surface area contributed by atoms with Gasteiger partial charge in [-0.15, -0.1) is 0 Å². The van der Waals surface area contributed by atoms with Gasteiger partial charge in [-0.05, 0) is 12.8 Å². The summed E-state index contributed by atoms with van der Waals surface area (Å²) in [5.41, 5.74) is 1.38. The molecule has 22 heavy (non-hydrogen) atoms. The Labute approximate surface area is 130 Å². The van der Waals surface area contributed by atoms with Crippen molar-refractivity contribution in [2.75, 3.05) is 0 Å². The fourth-order valence-electron chi connectivity index (χ4n) is 3.03. The number of rotatable bonds is 4. The van der Waals surface area contributed by atoms with E-state index in [4.69, 9.17) is 0 Å². The van der Waals surface area contributed by atoms with Crippen LogP contribution in [0.2, 0.25) is 0 Å². The van der Waals surface area contributed by atoms with Crippen molar-refractivity contribution in [1.82, 2.24) is 0 Å². The highest BCUT2D eigenvalue weighted by Crippen LogP contribution is 2.31. The number of Topliss-reactive ketones (excluding diaryl/α,β-unsaturated/α-hetero) is 2. The Kier molecular flexibility index (Phi) is 4.29. The lowest BCUT2D eigenvalue weighted by atomic mass is 9.75. The molecule has 0 unspecified atom stereocenters. The summed E-state index contributed by atoms with van der Waals surface area (Å²) in [6.07, 6.45) is 5.30. The zero-order chi connectivity index (χ0) is 15.4. The molecule has 0 aliphatic heterocycles. The molecule has 1 aliphatic carbocycles. The molecule has 2 aromatic rings. The van der Waals surface area contributed by atoms with Crippen molar-refractivity contribution < 1.29 is 9.59 Å². The van der Waals surface area contributed by atoms with Gasteiger partial charge in [0.05, 0.1) is 0 Å². The molecule has 0 spiro atoms. The molecule has 0 bridgehead atoms. The van der Waals surface area contributed by atoms with E-state index in [9.17, 15) is 9.59 Å². The van der Waals surface area contributed by atoms with E-state index in [1.165, 1.54) is 0 Å². The van der Waals surface area contributed by atoms with E-state index in [1.54, 1.807) is 0 Å². The molecule has 110 valence electrons. The van der Waals surface area contributed by atoms with Crippen molar-refractivity contribution in [2.45, 2.75) is 12.8 Å². The lowest BCUT2D eigenvalue weighted by Gasteiger charge is -2.26. The van der Waals surface area contributed by atoms with Gasteiger partial charge in [-0.25, -0.2) is 0 Å². The minimum atomic E-state index is -0.264. The predicted octanol–water partition coefficient (Wildman–Crippen LogP) is 4.33. The molecular formula is C20H18O2. The van der Waals surface area contributed by atoms with Gasteiger partial charge in [-0.2, -0.15) is 0 Å². The van der Waals surface area contributed by atoms with Crippen LogP contribution >= 0.6 is 0 Å². The summed E-state index contributed by atoms with van der Waals surface area (Å²) in [4.78, 5) is 25.5. The second kappa shape index (κ2) is 6.52. The highest BCUT2D eigenvalue weighted by Gasteiger charge is 2.34. The highest BCUT2D eigenvalue weighted by atomic mass is 16.1. The van der Waals surface area contributed by atoms with E-state index in [0.29, 0.717) is 24.0 Å². The van der Waals surface area contributed by atoms with Gasteiger partial charge >= 0.3 is 0 Å². The third-order valence-electron chi connectivity index (χ3n) is 4.22. The number of hydrogen-bond donors (Lipinski definition) is 0. The average Bonchev–Trinajstić information content (AvgIpc) is 2.62. The Morgan fingerprint density at radius 3 is 1.36 bits per heavy atom. The molecule has 0 amide bonds. The van der Waals surface area contributed by atoms with E-state index in [2.05, 4.69) is 0 Å². The molecule has 2 nitrogen and oxygen atoms in total. The van der Waals surface area contributed by atoms with Crippen molar-refractivity contribution >= 4 is 11.6 Å². The second-order valence-electron chi connectivity index (χ2n) is 5.62. The van der Waals surface area contributed by atoms with Crippen LogP contribution in [0.25, 0.3) is 0 Å². The Hall–Kier alpha value is -2.48. The van der Waals surface area contributed by atoms with Crippen LogP contribution in [0.3, 0.4) is 0 Å². The van der Waals surface area contributed by atoms with Gasteiger partial charge < -0.3 is 0 Å². The SMILES string of the molecule is O=C(c1ccccc1)[C@@H]1CC=CC[C@H]1C(=O)c1ccccc1. The first-order chi connectivity index (χ1) is 10.8. The van der Waals surface area contributed by atoms with Crippen LogP contribution in [0.4, 0.5) is 0 Å². The molecular weight excluding hydrogens is 272 g/mol. The van der Waals surface area contributed by atoms with Crippen LogP contribution in [-0.2, 0) is 0 Å². The van der Waals surface area contributed by atoms with Gasteiger partial charge in [0.25, 0.3) is 0 Å². The summed E-state index contributed by atoms with van der Waals surface area (Å²) in [6, 6.07) is 18.5. The molecule has 0 heterocycles. The quantitative estimate of drug-likeness (QED) is 0.620. The van der Waals surface area contributed by atoms with Crippen LogP contribution in [0, 0.1) is 11.8 Å². The van der Waals surface area contributed by atoms with E-state index in [-0.39, 0.29) is 23.4 Å². The van der Waals surface area contributed by atoms with Gasteiger partial charge in [-0.1, -0.05) is 72.8 Å². The van der Waals surface area contributed by atoms with Crippen molar-refractivity contribution in [3.8, 4) is 0 Å². The zero-order valence-corrected chi connectivity index (χ0v) is 12.3. The van der Waals surface area contributed by atoms with Crippen molar-refractivity contribution in [3.05, 3.63) is 83.9 Å². The first-order valence-electron chi connectivity index (χ1n) is 7.61. The van der Waals surface area contributed by atoms with Crippen molar-refractivity contribution in [2.24, 2.45) is 11.8 Å². The zero-order valence-electron chi connectivity index (χ0n) is 12.3. The van der Waals surface area contributed by atoms with E-state index >= 15 is 0 Å². The first-order valence-corrected chi connectivity index (χ1v) is 7.61. The number of carbonyl (C=O) groups excluding carboxylic acids is 2. The lowest BCUT2D eigenvalue weighted by Crippen LogP contribution is -2.31. The first kappa shape index (κ1) is 14.5. The normalized spacial score (nSPS) is 20.5. The van der Waals surface area contributed by atoms with Crippen LogP contribution in [0.1, 0.15) is 33.6 Å². The molecule has 0 saturated carbocycles. The van der Waals surface area contributed by atoms with Crippen LogP contribution in [-0.4, -0.2) is 11.6 Å². The third kappa shape index (κ3) is 2.91. The smallest absolute Gasteiger partial charge is 0.166 e. The Morgan fingerprint density at radius 1 is 0.636 bits per heavy atom. The number of ketones is 2. The summed E-state index contributed by atoms with van der Waals surface area (Å²) < 4.78 is 0. The van der Waals surface area contributed by atoms with E-state index in [1.807, 2.05) is 72.8 Å². The predicted molar refractivity (Wildman–Crippen MR) is 86.9 cm³/mol. The maximum atomic E-state index is 12.8. The number of allylic oxidation sites excluding steroid dienone is 2. The van der Waals surface area contributed by atoms with Gasteiger partial charge in [-0.3, -0.25) is 9.59 Å². The summed E-state index contributed by atoms with van der Waals surface area (Å²) >= 11 is 0. The van der Waals surface area contributed by atoms with Crippen LogP contribution < -0.4 is 0 Å². The average molecular weight is 290 g/mol. The number of carbonyl (C=O) groups is 2. The Morgan fingerprint density at radius 2 is 1.00 bits per heavy atom. The summed E-state index contributed by atoms with van der Waals surface area (Å²) in [5, 5.41) is 0. The molecule has 0 radical (unpaired) electrons. The van der Waals surface area contributed by atoms with Crippen molar-refractivity contribution in [1.29, 1.82) is 0 Å². The highest BCUT2D eigenvalue weighted by molar-refractivity contribution is 6.05. The minimum Gasteiger partial charge on any atom is -0.294 e. The molecule has 2 heteroatoms. The topological polar surface area (TPSA) is 34.1 Å². The van der Waals surface area contributed by atoms with Crippen molar-refractivity contribution in [3.63, 3.8) is 0 Å². The number of benzene rings is 2.